The maximum Gasteiger partial charge on any atom is 0.226 e. The van der Waals surface area contributed by atoms with Crippen LogP contribution in [0.2, 0.25) is 5.02 Å². The number of aryl methyl sites for hydroxylation is 1. The highest BCUT2D eigenvalue weighted by Crippen LogP contribution is 2.28. The highest BCUT2D eigenvalue weighted by atomic mass is 35.5. The number of carbonyl (C=O) groups is 2. The van der Waals surface area contributed by atoms with E-state index in [2.05, 4.69) is 0 Å². The van der Waals surface area contributed by atoms with Gasteiger partial charge in [-0.25, -0.2) is 0 Å². The molecule has 2 heterocycles. The number of carbonyl (C=O) groups excluding carboxylic acids is 2. The fourth-order valence-electron chi connectivity index (χ4n) is 3.72. The second kappa shape index (κ2) is 9.11. The van der Waals surface area contributed by atoms with Crippen molar-refractivity contribution in [3.05, 3.63) is 28.8 Å². The number of amides is 2. The molecule has 1 aromatic rings. The van der Waals surface area contributed by atoms with Gasteiger partial charge in [-0.3, -0.25) is 9.59 Å². The normalized spacial score (nSPS) is 23.4. The molecule has 8 heteroatoms. The van der Waals surface area contributed by atoms with Crippen molar-refractivity contribution < 1.29 is 23.8 Å². The molecule has 3 rings (SSSR count). The summed E-state index contributed by atoms with van der Waals surface area (Å²) in [6.45, 7) is 4.33. The summed E-state index contributed by atoms with van der Waals surface area (Å²) in [5, 5.41) is 0.654. The highest BCUT2D eigenvalue weighted by molar-refractivity contribution is 6.31. The van der Waals surface area contributed by atoms with Crippen molar-refractivity contribution in [1.82, 2.24) is 4.90 Å². The summed E-state index contributed by atoms with van der Waals surface area (Å²) in [6, 6.07) is 5.35. The molecule has 1 atom stereocenters. The Labute approximate surface area is 170 Å². The van der Waals surface area contributed by atoms with Crippen LogP contribution in [-0.4, -0.2) is 61.8 Å². The molecule has 2 aliphatic heterocycles. The lowest BCUT2D eigenvalue weighted by atomic mass is 9.94. The van der Waals surface area contributed by atoms with Crippen LogP contribution in [0.1, 0.15) is 24.8 Å². The summed E-state index contributed by atoms with van der Waals surface area (Å²) in [7, 11) is 0. The lowest BCUT2D eigenvalue weighted by Gasteiger charge is -2.43. The van der Waals surface area contributed by atoms with Gasteiger partial charge in [0.15, 0.2) is 0 Å². The van der Waals surface area contributed by atoms with Crippen molar-refractivity contribution in [3.63, 3.8) is 0 Å². The molecular formula is C20H27ClN2O5. The smallest absolute Gasteiger partial charge is 0.226 e. The number of nitrogens with two attached hydrogens (primary N) is 1. The first-order chi connectivity index (χ1) is 13.4. The van der Waals surface area contributed by atoms with E-state index in [1.165, 1.54) is 0 Å². The Bertz CT molecular complexity index is 723. The average molecular weight is 411 g/mol. The van der Waals surface area contributed by atoms with Crippen LogP contribution in [-0.2, 0) is 19.1 Å². The number of morpholine rings is 1. The minimum absolute atomic E-state index is 0.0167. The van der Waals surface area contributed by atoms with E-state index in [4.69, 9.17) is 31.5 Å². The van der Waals surface area contributed by atoms with E-state index in [9.17, 15) is 9.59 Å². The maximum absolute atomic E-state index is 12.9. The number of hydrogen-bond donors (Lipinski definition) is 1. The van der Waals surface area contributed by atoms with Gasteiger partial charge in [-0.05, 0) is 43.5 Å². The Morgan fingerprint density at radius 2 is 2.07 bits per heavy atom. The van der Waals surface area contributed by atoms with Crippen LogP contribution in [0.4, 0.5) is 0 Å². The van der Waals surface area contributed by atoms with Crippen LogP contribution in [0, 0.1) is 12.8 Å². The van der Waals surface area contributed by atoms with Gasteiger partial charge in [0.25, 0.3) is 0 Å². The van der Waals surface area contributed by atoms with Gasteiger partial charge >= 0.3 is 0 Å². The number of hydrogen-bond acceptors (Lipinski definition) is 5. The largest absolute Gasteiger partial charge is 0.490 e. The second-order valence-corrected chi connectivity index (χ2v) is 7.93. The van der Waals surface area contributed by atoms with Gasteiger partial charge in [0.1, 0.15) is 18.0 Å². The molecule has 2 saturated heterocycles. The molecular weight excluding hydrogens is 384 g/mol. The predicted molar refractivity (Wildman–Crippen MR) is 104 cm³/mol. The molecule has 1 unspecified atom stereocenters. The Kier molecular flexibility index (Phi) is 6.80. The number of nitrogens with zero attached hydrogens (tertiary/aromatic N) is 1. The zero-order valence-corrected chi connectivity index (χ0v) is 16.9. The van der Waals surface area contributed by atoms with Crippen molar-refractivity contribution >= 4 is 23.4 Å². The fraction of sp³-hybridized carbons (Fsp3) is 0.600. The van der Waals surface area contributed by atoms with E-state index in [0.717, 1.165) is 18.4 Å². The maximum atomic E-state index is 12.9. The van der Waals surface area contributed by atoms with E-state index < -0.39 is 11.5 Å². The Balaban J connectivity index is 1.71. The van der Waals surface area contributed by atoms with Crippen LogP contribution in [0.25, 0.3) is 0 Å². The molecule has 154 valence electrons. The Hall–Kier alpha value is -1.83. The molecule has 28 heavy (non-hydrogen) atoms. The van der Waals surface area contributed by atoms with Crippen molar-refractivity contribution in [1.29, 1.82) is 0 Å². The monoisotopic (exact) mass is 410 g/mol. The second-order valence-electron chi connectivity index (χ2n) is 7.52. The first kappa shape index (κ1) is 20.9. The molecule has 0 spiro atoms. The Morgan fingerprint density at radius 1 is 1.32 bits per heavy atom. The molecule has 0 aromatic heterocycles. The molecule has 0 bridgehead atoms. The van der Waals surface area contributed by atoms with E-state index in [-0.39, 0.29) is 31.4 Å². The quantitative estimate of drug-likeness (QED) is 0.773. The molecule has 1 aromatic carbocycles. The summed E-state index contributed by atoms with van der Waals surface area (Å²) in [5.41, 5.74) is 5.41. The summed E-state index contributed by atoms with van der Waals surface area (Å²) in [6.07, 6.45) is 1.43. The first-order valence-corrected chi connectivity index (χ1v) is 9.94. The lowest BCUT2D eigenvalue weighted by molar-refractivity contribution is -0.166. The summed E-state index contributed by atoms with van der Waals surface area (Å²) in [5.74, 6) is 0.180. The summed E-state index contributed by atoms with van der Waals surface area (Å²) < 4.78 is 17.2. The minimum atomic E-state index is -0.960. The predicted octanol–water partition coefficient (Wildman–Crippen LogP) is 1.93. The molecule has 2 fully saturated rings. The van der Waals surface area contributed by atoms with E-state index in [1.807, 2.05) is 13.0 Å². The van der Waals surface area contributed by atoms with Crippen LogP contribution in [0.15, 0.2) is 18.2 Å². The Morgan fingerprint density at radius 3 is 2.75 bits per heavy atom. The van der Waals surface area contributed by atoms with Gasteiger partial charge in [0, 0.05) is 30.7 Å². The topological polar surface area (TPSA) is 91.1 Å². The number of halogens is 1. The van der Waals surface area contributed by atoms with E-state index in [0.29, 0.717) is 37.1 Å². The fourth-order valence-corrected chi connectivity index (χ4v) is 3.84. The minimum Gasteiger partial charge on any atom is -0.490 e. The number of primary amides is 1. The van der Waals surface area contributed by atoms with Crippen LogP contribution in [0.3, 0.4) is 0 Å². The van der Waals surface area contributed by atoms with Gasteiger partial charge in [-0.15, -0.1) is 0 Å². The number of ether oxygens (including phenoxy) is 3. The lowest BCUT2D eigenvalue weighted by Crippen LogP contribution is -2.59. The number of rotatable bonds is 6. The summed E-state index contributed by atoms with van der Waals surface area (Å²) in [4.78, 5) is 26.4. The highest BCUT2D eigenvalue weighted by Gasteiger charge is 2.42. The van der Waals surface area contributed by atoms with Gasteiger partial charge in [0.2, 0.25) is 11.8 Å². The third-order valence-corrected chi connectivity index (χ3v) is 5.68. The third-order valence-electron chi connectivity index (χ3n) is 5.26. The SMILES string of the molecule is Cc1cc(OCC2(CC(N)=O)CN(C(=O)C3CCOCC3)CCO2)ccc1Cl. The molecule has 0 radical (unpaired) electrons. The standard InChI is InChI=1S/C20H27ClN2O5/c1-14-10-16(2-3-17(14)21)27-13-20(11-18(22)24)12-23(6-9-28-20)19(25)15-4-7-26-8-5-15/h2-3,10,15H,4-9,11-13H2,1H3,(H2,22,24). The van der Waals surface area contributed by atoms with Gasteiger partial charge < -0.3 is 24.8 Å². The van der Waals surface area contributed by atoms with Gasteiger partial charge in [0.05, 0.1) is 19.6 Å². The molecule has 2 N–H and O–H groups in total. The van der Waals surface area contributed by atoms with Crippen molar-refractivity contribution in [2.24, 2.45) is 11.7 Å². The molecule has 2 amide bonds. The van der Waals surface area contributed by atoms with Crippen LogP contribution >= 0.6 is 11.6 Å². The summed E-state index contributed by atoms with van der Waals surface area (Å²) >= 11 is 6.06. The van der Waals surface area contributed by atoms with Crippen LogP contribution in [0.5, 0.6) is 5.75 Å². The zero-order valence-electron chi connectivity index (χ0n) is 16.1. The zero-order chi connectivity index (χ0) is 20.1. The van der Waals surface area contributed by atoms with Crippen molar-refractivity contribution in [3.8, 4) is 5.75 Å². The number of benzene rings is 1. The average Bonchev–Trinajstić information content (AvgIpc) is 2.69. The first-order valence-electron chi connectivity index (χ1n) is 9.56. The van der Waals surface area contributed by atoms with Crippen LogP contribution < -0.4 is 10.5 Å². The van der Waals surface area contributed by atoms with Gasteiger partial charge in [-0.1, -0.05) is 11.6 Å². The molecule has 2 aliphatic rings. The van der Waals surface area contributed by atoms with E-state index >= 15 is 0 Å². The van der Waals surface area contributed by atoms with Gasteiger partial charge in [-0.2, -0.15) is 0 Å². The molecule has 7 nitrogen and oxygen atoms in total. The molecule has 0 saturated carbocycles. The van der Waals surface area contributed by atoms with Crippen molar-refractivity contribution in [2.45, 2.75) is 31.8 Å². The van der Waals surface area contributed by atoms with Crippen molar-refractivity contribution in [2.75, 3.05) is 39.5 Å². The van der Waals surface area contributed by atoms with E-state index in [1.54, 1.807) is 17.0 Å². The molecule has 0 aliphatic carbocycles. The third kappa shape index (κ3) is 5.16.